The largest absolute Gasteiger partial charge is 0.494 e. The molecule has 0 heterocycles. The summed E-state index contributed by atoms with van der Waals surface area (Å²) >= 11 is 3.38. The second kappa shape index (κ2) is 10.5. The third kappa shape index (κ3) is 7.39. The van der Waals surface area contributed by atoms with Crippen molar-refractivity contribution in [1.29, 1.82) is 0 Å². The molecule has 2 aromatic rings. The van der Waals surface area contributed by atoms with Crippen molar-refractivity contribution in [1.82, 2.24) is 10.6 Å². The number of nitrogens with one attached hydrogen (secondary N) is 2. The second-order valence-corrected chi connectivity index (χ2v) is 6.30. The van der Waals surface area contributed by atoms with Crippen molar-refractivity contribution in [2.45, 2.75) is 12.8 Å². The van der Waals surface area contributed by atoms with Gasteiger partial charge in [-0.1, -0.05) is 40.2 Å². The van der Waals surface area contributed by atoms with Crippen molar-refractivity contribution < 1.29 is 14.3 Å². The lowest BCUT2D eigenvalue weighted by Gasteiger charge is -2.08. The summed E-state index contributed by atoms with van der Waals surface area (Å²) in [5, 5.41) is 5.55. The molecule has 0 unspecified atom stereocenters. The zero-order valence-electron chi connectivity index (χ0n) is 13.8. The molecule has 0 aliphatic rings. The van der Waals surface area contributed by atoms with Crippen molar-refractivity contribution in [3.05, 3.63) is 64.6 Å². The molecule has 5 nitrogen and oxygen atoms in total. The average molecular weight is 405 g/mol. The van der Waals surface area contributed by atoms with Crippen LogP contribution < -0.4 is 15.4 Å². The molecule has 0 aromatic heterocycles. The fourth-order valence-corrected chi connectivity index (χ4v) is 2.52. The first-order chi connectivity index (χ1) is 12.1. The molecule has 0 atom stereocenters. The molecule has 0 saturated heterocycles. The van der Waals surface area contributed by atoms with Gasteiger partial charge in [0.2, 0.25) is 5.91 Å². The number of halogens is 1. The van der Waals surface area contributed by atoms with Crippen molar-refractivity contribution in [2.24, 2.45) is 0 Å². The van der Waals surface area contributed by atoms with Gasteiger partial charge < -0.3 is 15.4 Å². The summed E-state index contributed by atoms with van der Waals surface area (Å²) in [4.78, 5) is 23.6. The van der Waals surface area contributed by atoms with Gasteiger partial charge in [-0.25, -0.2) is 0 Å². The molecule has 0 aliphatic heterocycles. The lowest BCUT2D eigenvalue weighted by Crippen LogP contribution is -2.34. The molecule has 0 aliphatic carbocycles. The van der Waals surface area contributed by atoms with Gasteiger partial charge in [0.1, 0.15) is 5.75 Å². The van der Waals surface area contributed by atoms with Crippen LogP contribution in [0.15, 0.2) is 59.1 Å². The van der Waals surface area contributed by atoms with Crippen LogP contribution in [-0.4, -0.2) is 31.5 Å². The summed E-state index contributed by atoms with van der Waals surface area (Å²) in [7, 11) is 0. The van der Waals surface area contributed by atoms with E-state index in [1.807, 2.05) is 42.5 Å². The molecule has 2 N–H and O–H groups in total. The molecule has 2 rings (SSSR count). The molecule has 0 fully saturated rings. The first-order valence-corrected chi connectivity index (χ1v) is 8.93. The molecule has 132 valence electrons. The highest BCUT2D eigenvalue weighted by Crippen LogP contribution is 2.17. The summed E-state index contributed by atoms with van der Waals surface area (Å²) in [5.41, 5.74) is 0.610. The smallest absolute Gasteiger partial charge is 0.251 e. The van der Waals surface area contributed by atoms with Gasteiger partial charge in [-0.15, -0.1) is 0 Å². The lowest BCUT2D eigenvalue weighted by atomic mass is 10.2. The summed E-state index contributed by atoms with van der Waals surface area (Å²) in [6, 6.07) is 16.6. The van der Waals surface area contributed by atoms with E-state index in [1.54, 1.807) is 12.1 Å². The minimum absolute atomic E-state index is 0.0493. The standard InChI is InChI=1S/C19H21BrN2O3/c20-16-8-4-9-17(14-16)25-13-5-10-18(23)21-11-12-22-19(24)15-6-2-1-3-7-15/h1-4,6-9,14H,5,10-13H2,(H,21,23)(H,22,24). The molecule has 6 heteroatoms. The van der Waals surface area contributed by atoms with Crippen LogP contribution in [0.1, 0.15) is 23.2 Å². The number of carbonyl (C=O) groups is 2. The van der Waals surface area contributed by atoms with Crippen molar-refractivity contribution in [3.63, 3.8) is 0 Å². The monoisotopic (exact) mass is 404 g/mol. The Morgan fingerprint density at radius 1 is 0.960 bits per heavy atom. The Labute approximate surface area is 155 Å². The van der Waals surface area contributed by atoms with E-state index in [2.05, 4.69) is 26.6 Å². The van der Waals surface area contributed by atoms with Crippen LogP contribution in [0.5, 0.6) is 5.75 Å². The lowest BCUT2D eigenvalue weighted by molar-refractivity contribution is -0.121. The van der Waals surface area contributed by atoms with Crippen LogP contribution in [0, 0.1) is 0 Å². The van der Waals surface area contributed by atoms with Gasteiger partial charge >= 0.3 is 0 Å². The van der Waals surface area contributed by atoms with E-state index < -0.39 is 0 Å². The normalized spacial score (nSPS) is 10.1. The van der Waals surface area contributed by atoms with E-state index in [4.69, 9.17) is 4.74 Å². The van der Waals surface area contributed by atoms with Gasteiger partial charge in [0, 0.05) is 29.5 Å². The fraction of sp³-hybridized carbons (Fsp3) is 0.263. The summed E-state index contributed by atoms with van der Waals surface area (Å²) < 4.78 is 6.53. The summed E-state index contributed by atoms with van der Waals surface area (Å²) in [6.45, 7) is 1.28. The molecule has 2 aromatic carbocycles. The number of benzene rings is 2. The third-order valence-corrected chi connectivity index (χ3v) is 3.87. The van der Waals surface area contributed by atoms with Crippen LogP contribution in [0.4, 0.5) is 0 Å². The van der Waals surface area contributed by atoms with Crippen molar-refractivity contribution >= 4 is 27.7 Å². The number of ether oxygens (including phenoxy) is 1. The minimum Gasteiger partial charge on any atom is -0.494 e. The minimum atomic E-state index is -0.141. The molecule has 25 heavy (non-hydrogen) atoms. The van der Waals surface area contributed by atoms with Crippen molar-refractivity contribution in [3.8, 4) is 5.75 Å². The first kappa shape index (κ1) is 19.0. The molecule has 0 bridgehead atoms. The van der Waals surface area contributed by atoms with Crippen LogP contribution in [-0.2, 0) is 4.79 Å². The van der Waals surface area contributed by atoms with E-state index >= 15 is 0 Å². The number of carbonyl (C=O) groups excluding carboxylic acids is 2. The maximum atomic E-state index is 11.8. The van der Waals surface area contributed by atoms with E-state index in [1.165, 1.54) is 0 Å². The Kier molecular flexibility index (Phi) is 7.98. The highest BCUT2D eigenvalue weighted by Gasteiger charge is 2.04. The second-order valence-electron chi connectivity index (χ2n) is 5.38. The number of hydrogen-bond acceptors (Lipinski definition) is 3. The Bertz CT molecular complexity index is 692. The number of amides is 2. The predicted octanol–water partition coefficient (Wildman–Crippen LogP) is 3.15. The van der Waals surface area contributed by atoms with Crippen LogP contribution in [0.3, 0.4) is 0 Å². The van der Waals surface area contributed by atoms with Gasteiger partial charge in [0.05, 0.1) is 6.61 Å². The molecular formula is C19H21BrN2O3. The highest BCUT2D eigenvalue weighted by molar-refractivity contribution is 9.10. The Morgan fingerprint density at radius 3 is 2.48 bits per heavy atom. The van der Waals surface area contributed by atoms with E-state index in [-0.39, 0.29) is 11.8 Å². The molecule has 2 amide bonds. The number of rotatable bonds is 9. The van der Waals surface area contributed by atoms with Crippen LogP contribution in [0.25, 0.3) is 0 Å². The molecule has 0 saturated carbocycles. The molecule has 0 spiro atoms. The Hall–Kier alpha value is -2.34. The number of hydrogen-bond donors (Lipinski definition) is 2. The van der Waals surface area contributed by atoms with Gasteiger partial charge in [-0.05, 0) is 36.8 Å². The Balaban J connectivity index is 1.53. The average Bonchev–Trinajstić information content (AvgIpc) is 2.63. The maximum Gasteiger partial charge on any atom is 0.251 e. The van der Waals surface area contributed by atoms with E-state index in [0.29, 0.717) is 38.1 Å². The molecular weight excluding hydrogens is 384 g/mol. The van der Waals surface area contributed by atoms with E-state index in [0.717, 1.165) is 10.2 Å². The third-order valence-electron chi connectivity index (χ3n) is 3.38. The highest BCUT2D eigenvalue weighted by atomic mass is 79.9. The predicted molar refractivity (Wildman–Crippen MR) is 101 cm³/mol. The Morgan fingerprint density at radius 2 is 1.72 bits per heavy atom. The SMILES string of the molecule is O=C(CCCOc1cccc(Br)c1)NCCNC(=O)c1ccccc1. The van der Waals surface area contributed by atoms with Gasteiger partial charge in [0.25, 0.3) is 5.91 Å². The zero-order chi connectivity index (χ0) is 17.9. The van der Waals surface area contributed by atoms with Gasteiger partial charge in [-0.2, -0.15) is 0 Å². The molecule has 0 radical (unpaired) electrons. The van der Waals surface area contributed by atoms with E-state index in [9.17, 15) is 9.59 Å². The van der Waals surface area contributed by atoms with Crippen LogP contribution in [0.2, 0.25) is 0 Å². The van der Waals surface area contributed by atoms with Gasteiger partial charge in [-0.3, -0.25) is 9.59 Å². The first-order valence-electron chi connectivity index (χ1n) is 8.13. The summed E-state index contributed by atoms with van der Waals surface area (Å²) in [5.74, 6) is 0.586. The quantitative estimate of drug-likeness (QED) is 0.630. The topological polar surface area (TPSA) is 67.4 Å². The summed E-state index contributed by atoms with van der Waals surface area (Å²) in [6.07, 6.45) is 1.02. The van der Waals surface area contributed by atoms with Gasteiger partial charge in [0.15, 0.2) is 0 Å². The van der Waals surface area contributed by atoms with Crippen molar-refractivity contribution in [2.75, 3.05) is 19.7 Å². The maximum absolute atomic E-state index is 11.8. The van der Waals surface area contributed by atoms with Crippen LogP contribution >= 0.6 is 15.9 Å². The fourth-order valence-electron chi connectivity index (χ4n) is 2.14. The zero-order valence-corrected chi connectivity index (χ0v) is 15.4.